The Bertz CT molecular complexity index is 112. The maximum Gasteiger partial charge on any atom is 0.319 e. The lowest BCUT2D eigenvalue weighted by molar-refractivity contribution is 0.363. The van der Waals surface area contributed by atoms with Crippen molar-refractivity contribution in [3.63, 3.8) is 0 Å². The smallest absolute Gasteiger partial charge is 0.319 e. The van der Waals surface area contributed by atoms with Crippen LogP contribution in [-0.2, 0) is 11.8 Å². The van der Waals surface area contributed by atoms with Crippen LogP contribution < -0.4 is 4.91 Å². The van der Waals surface area contributed by atoms with Gasteiger partial charge in [0.25, 0.3) is 0 Å². The molecular formula is H5N3O3PS+. The first-order valence-corrected chi connectivity index (χ1v) is 3.89. The van der Waals surface area contributed by atoms with Gasteiger partial charge in [0, 0.05) is 0 Å². The van der Waals surface area contributed by atoms with E-state index in [1.165, 1.54) is 0 Å². The SMILES string of the molecule is N=[N+]=N.OP(O)(O)=S. The van der Waals surface area contributed by atoms with Crippen molar-refractivity contribution in [1.82, 2.24) is 4.91 Å². The minimum Gasteiger partial charge on any atom is -0.325 e. The third-order valence-corrected chi connectivity index (χ3v) is 0. The van der Waals surface area contributed by atoms with E-state index in [-0.39, 0.29) is 0 Å². The highest BCUT2D eigenvalue weighted by molar-refractivity contribution is 8.06. The zero-order valence-corrected chi connectivity index (χ0v) is 5.36. The minimum atomic E-state index is -3.81. The fourth-order valence-electron chi connectivity index (χ4n) is 0. The Morgan fingerprint density at radius 3 is 1.25 bits per heavy atom. The summed E-state index contributed by atoms with van der Waals surface area (Å²) in [5.41, 5.74) is 11.0. The molecule has 0 aromatic rings. The van der Waals surface area contributed by atoms with Crippen molar-refractivity contribution in [2.45, 2.75) is 0 Å². The summed E-state index contributed by atoms with van der Waals surface area (Å²) < 4.78 is 0. The molecule has 0 aromatic carbocycles. The summed E-state index contributed by atoms with van der Waals surface area (Å²) in [5, 5.41) is 0. The van der Waals surface area contributed by atoms with E-state index in [2.05, 4.69) is 11.8 Å². The van der Waals surface area contributed by atoms with E-state index >= 15 is 0 Å². The Morgan fingerprint density at radius 1 is 1.25 bits per heavy atom. The van der Waals surface area contributed by atoms with Gasteiger partial charge in [0.2, 0.25) is 4.91 Å². The molecule has 8 heavy (non-hydrogen) atoms. The molecule has 0 aliphatic carbocycles. The van der Waals surface area contributed by atoms with Crippen LogP contribution in [0.2, 0.25) is 0 Å². The highest BCUT2D eigenvalue weighted by Crippen LogP contribution is 2.26. The molecule has 0 heterocycles. The van der Waals surface area contributed by atoms with Gasteiger partial charge < -0.3 is 14.7 Å². The summed E-state index contributed by atoms with van der Waals surface area (Å²) in [6, 6.07) is 0. The fourth-order valence-corrected chi connectivity index (χ4v) is 0. The average molecular weight is 158 g/mol. The summed E-state index contributed by atoms with van der Waals surface area (Å²) in [5.74, 6) is 0. The van der Waals surface area contributed by atoms with Crippen molar-refractivity contribution in [1.29, 1.82) is 11.1 Å². The number of nitrogens with zero attached hydrogens (tertiary/aromatic N) is 1. The minimum absolute atomic E-state index is 2.00. The normalized spacial score (nSPS) is 8.38. The molecule has 0 rings (SSSR count). The topological polar surface area (TPSA) is 122 Å². The van der Waals surface area contributed by atoms with Gasteiger partial charge in [-0.1, -0.05) is 0 Å². The molecule has 0 spiro atoms. The van der Waals surface area contributed by atoms with Crippen LogP contribution in [0.25, 0.3) is 0 Å². The van der Waals surface area contributed by atoms with E-state index in [0.29, 0.717) is 0 Å². The van der Waals surface area contributed by atoms with Gasteiger partial charge in [-0.2, -0.15) is 0 Å². The first-order valence-electron chi connectivity index (χ1n) is 1.23. The van der Waals surface area contributed by atoms with E-state index in [9.17, 15) is 0 Å². The molecule has 6 nitrogen and oxygen atoms in total. The standard InChI is InChI=1S/H2N3.H3O3PS/c1-3-2;1-4(2,3)5/h1-2H;(H3,1,2,3,5)/q+1;. The molecule has 0 aliphatic heterocycles. The van der Waals surface area contributed by atoms with Crippen LogP contribution in [0.3, 0.4) is 0 Å². The van der Waals surface area contributed by atoms with Gasteiger partial charge in [0.05, 0.1) is 0 Å². The maximum absolute atomic E-state index is 7.56. The van der Waals surface area contributed by atoms with Crippen molar-refractivity contribution in [3.05, 3.63) is 0 Å². The summed E-state index contributed by atoms with van der Waals surface area (Å²) in [6.45, 7) is -3.81. The largest absolute Gasteiger partial charge is 0.325 e. The van der Waals surface area contributed by atoms with Crippen LogP contribution in [-0.4, -0.2) is 14.7 Å². The molecule has 0 aliphatic rings. The number of hydrogen-bond donors (Lipinski definition) is 5. The fraction of sp³-hybridized carbons (Fsp3) is 0. The Morgan fingerprint density at radius 2 is 1.25 bits per heavy atom. The monoisotopic (exact) mass is 158 g/mol. The Balaban J connectivity index is 0. The molecule has 5 N–H and O–H groups in total. The number of nitrogens with one attached hydrogen (secondary N) is 2. The zero-order chi connectivity index (χ0) is 7.21. The highest BCUT2D eigenvalue weighted by atomic mass is 32.5. The lowest BCUT2D eigenvalue weighted by Gasteiger charge is -1.88. The third kappa shape index (κ3) is 5340. The van der Waals surface area contributed by atoms with E-state index in [4.69, 9.17) is 25.7 Å². The van der Waals surface area contributed by atoms with Crippen molar-refractivity contribution >= 4 is 18.5 Å². The molecule has 0 unspecified atom stereocenters. The Kier molecular flexibility index (Phi) is 6.70. The van der Waals surface area contributed by atoms with E-state index in [0.717, 1.165) is 0 Å². The van der Waals surface area contributed by atoms with Crippen LogP contribution in [0.1, 0.15) is 0 Å². The lowest BCUT2D eigenvalue weighted by atomic mass is 13.0. The van der Waals surface area contributed by atoms with E-state index in [1.54, 1.807) is 0 Å². The molecule has 0 radical (unpaired) electrons. The summed E-state index contributed by atoms with van der Waals surface area (Å²) in [4.78, 5) is 24.7. The Labute approximate surface area is 50.1 Å². The second kappa shape index (κ2) is 4.99. The van der Waals surface area contributed by atoms with Crippen molar-refractivity contribution in [3.8, 4) is 0 Å². The zero-order valence-electron chi connectivity index (χ0n) is 3.64. The molecule has 0 saturated heterocycles. The summed E-state index contributed by atoms with van der Waals surface area (Å²) in [7, 11) is 0. The maximum atomic E-state index is 7.56. The molecule has 0 fully saturated rings. The van der Waals surface area contributed by atoms with E-state index in [1.807, 2.05) is 4.91 Å². The lowest BCUT2D eigenvalue weighted by Crippen LogP contribution is -1.65. The molecule has 0 atom stereocenters. The van der Waals surface area contributed by atoms with Gasteiger partial charge in [-0.25, -0.2) is 0 Å². The third-order valence-electron chi connectivity index (χ3n) is 0. The van der Waals surface area contributed by atoms with Crippen LogP contribution >= 0.6 is 6.72 Å². The van der Waals surface area contributed by atoms with Gasteiger partial charge in [0.1, 0.15) is 11.1 Å². The van der Waals surface area contributed by atoms with Crippen LogP contribution in [0.15, 0.2) is 0 Å². The highest BCUT2D eigenvalue weighted by Gasteiger charge is 1.92. The summed E-state index contributed by atoms with van der Waals surface area (Å²) >= 11 is 3.60. The van der Waals surface area contributed by atoms with Crippen molar-refractivity contribution in [2.75, 3.05) is 0 Å². The first kappa shape index (κ1) is 10.8. The van der Waals surface area contributed by atoms with Crippen molar-refractivity contribution in [2.24, 2.45) is 0 Å². The van der Waals surface area contributed by atoms with Crippen LogP contribution in [0.4, 0.5) is 0 Å². The molecule has 0 aromatic heterocycles. The Hall–Kier alpha value is -0.160. The second-order valence-electron chi connectivity index (χ2n) is 0.625. The van der Waals surface area contributed by atoms with Gasteiger partial charge in [-0.05, 0) is 11.8 Å². The molecule has 48 valence electrons. The molecule has 0 bridgehead atoms. The van der Waals surface area contributed by atoms with Gasteiger partial charge in [-0.3, -0.25) is 0 Å². The number of hydrogen-bond acceptors (Lipinski definition) is 3. The van der Waals surface area contributed by atoms with Gasteiger partial charge in [0.15, 0.2) is 0 Å². The number of rotatable bonds is 0. The summed E-state index contributed by atoms with van der Waals surface area (Å²) in [6.07, 6.45) is 0. The quantitative estimate of drug-likeness (QED) is 0.182. The molecule has 0 amide bonds. The van der Waals surface area contributed by atoms with Gasteiger partial charge >= 0.3 is 6.72 Å². The average Bonchev–Trinajstić information content (AvgIpc) is 1.27. The molecular weight excluding hydrogens is 153 g/mol. The molecule has 8 heteroatoms. The van der Waals surface area contributed by atoms with Crippen LogP contribution in [0, 0.1) is 11.1 Å². The predicted octanol–water partition coefficient (Wildman–Crippen LogP) is -0.697. The first-order chi connectivity index (χ1) is 3.41. The molecule has 0 saturated carbocycles. The predicted molar refractivity (Wildman–Crippen MR) is 28.5 cm³/mol. The van der Waals surface area contributed by atoms with Crippen LogP contribution in [0.5, 0.6) is 0 Å². The van der Waals surface area contributed by atoms with Crippen molar-refractivity contribution < 1.29 is 14.7 Å². The van der Waals surface area contributed by atoms with E-state index < -0.39 is 6.72 Å². The van der Waals surface area contributed by atoms with Gasteiger partial charge in [-0.15, -0.1) is 0 Å². The second-order valence-corrected chi connectivity index (χ2v) is 3.12.